The summed E-state index contributed by atoms with van der Waals surface area (Å²) in [5, 5.41) is 23.5. The van der Waals surface area contributed by atoms with Crippen molar-refractivity contribution in [3.8, 4) is 11.5 Å². The molecule has 1 amide bonds. The van der Waals surface area contributed by atoms with Crippen molar-refractivity contribution in [3.05, 3.63) is 105 Å². The number of halogens is 1. The van der Waals surface area contributed by atoms with Crippen molar-refractivity contribution in [3.63, 3.8) is 0 Å². The molecule has 0 saturated carbocycles. The molecule has 9 heteroatoms. The molecule has 31 heavy (non-hydrogen) atoms. The number of hydrogen-bond acceptors (Lipinski definition) is 5. The summed E-state index contributed by atoms with van der Waals surface area (Å²) in [5.74, 6) is -1.86. The second-order valence-electron chi connectivity index (χ2n) is 6.20. The Kier molecular flexibility index (Phi) is 6.64. The Labute approximate surface area is 181 Å². The third kappa shape index (κ3) is 5.46. The van der Waals surface area contributed by atoms with Crippen molar-refractivity contribution in [2.45, 2.75) is 0 Å². The van der Waals surface area contributed by atoms with Crippen LogP contribution in [0.1, 0.15) is 15.9 Å². The van der Waals surface area contributed by atoms with Crippen LogP contribution in [0.2, 0.25) is 5.02 Å². The van der Waals surface area contributed by atoms with Gasteiger partial charge in [-0.1, -0.05) is 48.0 Å². The number of amides is 1. The van der Waals surface area contributed by atoms with Crippen LogP contribution in [0.5, 0.6) is 11.5 Å². The van der Waals surface area contributed by atoms with Gasteiger partial charge in [0.25, 0.3) is 5.91 Å². The Hall–Kier alpha value is -4.17. The number of nitrogens with one attached hydrogen (secondary N) is 1. The topological polar surface area (TPSA) is 119 Å². The molecule has 0 heterocycles. The summed E-state index contributed by atoms with van der Waals surface area (Å²) in [6.45, 7) is 0. The van der Waals surface area contributed by atoms with Crippen molar-refractivity contribution in [2.75, 3.05) is 0 Å². The number of carboxylic acids is 1. The highest BCUT2D eigenvalue weighted by molar-refractivity contribution is 6.32. The molecule has 156 valence electrons. The number of ether oxygens (including phenoxy) is 1. The van der Waals surface area contributed by atoms with Gasteiger partial charge in [0.1, 0.15) is 11.4 Å². The Morgan fingerprint density at radius 1 is 1.00 bits per heavy atom. The fourth-order valence-corrected chi connectivity index (χ4v) is 2.78. The average Bonchev–Trinajstić information content (AvgIpc) is 2.76. The van der Waals surface area contributed by atoms with Gasteiger partial charge in [-0.2, -0.15) is 0 Å². The molecule has 0 aliphatic carbocycles. The molecule has 3 rings (SSSR count). The predicted molar refractivity (Wildman–Crippen MR) is 114 cm³/mol. The van der Waals surface area contributed by atoms with Gasteiger partial charge in [-0.3, -0.25) is 14.9 Å². The number of carbonyl (C=O) groups is 2. The number of nitrogens with zero attached hydrogens (tertiary/aromatic N) is 1. The van der Waals surface area contributed by atoms with Gasteiger partial charge in [0, 0.05) is 11.6 Å². The summed E-state index contributed by atoms with van der Waals surface area (Å²) in [6, 6.07) is 18.4. The molecule has 0 unspecified atom stereocenters. The maximum absolute atomic E-state index is 12.3. The lowest BCUT2D eigenvalue weighted by atomic mass is 10.1. The first-order chi connectivity index (χ1) is 14.8. The van der Waals surface area contributed by atoms with E-state index in [4.69, 9.17) is 16.3 Å². The maximum atomic E-state index is 12.3. The third-order valence-corrected chi connectivity index (χ3v) is 4.37. The average molecular weight is 439 g/mol. The number of aliphatic carboxylic acids is 1. The normalized spacial score (nSPS) is 10.9. The van der Waals surface area contributed by atoms with E-state index in [0.717, 1.165) is 12.1 Å². The van der Waals surface area contributed by atoms with Crippen molar-refractivity contribution in [1.82, 2.24) is 5.32 Å². The van der Waals surface area contributed by atoms with E-state index in [2.05, 4.69) is 5.32 Å². The molecule has 0 bridgehead atoms. The minimum Gasteiger partial charge on any atom is -0.477 e. The highest BCUT2D eigenvalue weighted by Gasteiger charge is 2.19. The Bertz CT molecular complexity index is 1180. The van der Waals surface area contributed by atoms with Gasteiger partial charge in [-0.05, 0) is 42.0 Å². The summed E-state index contributed by atoms with van der Waals surface area (Å²) in [6.07, 6.45) is 1.12. The summed E-state index contributed by atoms with van der Waals surface area (Å²) < 4.78 is 5.55. The zero-order valence-electron chi connectivity index (χ0n) is 15.8. The van der Waals surface area contributed by atoms with Gasteiger partial charge in [0.05, 0.1) is 9.95 Å². The zero-order chi connectivity index (χ0) is 22.4. The largest absolute Gasteiger partial charge is 0.477 e. The molecule has 0 radical (unpaired) electrons. The second-order valence-corrected chi connectivity index (χ2v) is 6.61. The van der Waals surface area contributed by atoms with E-state index >= 15 is 0 Å². The Morgan fingerprint density at radius 3 is 2.32 bits per heavy atom. The minimum atomic E-state index is -1.40. The molecule has 0 aliphatic rings. The summed E-state index contributed by atoms with van der Waals surface area (Å²) >= 11 is 6.03. The van der Waals surface area contributed by atoms with Crippen molar-refractivity contribution in [1.29, 1.82) is 0 Å². The van der Waals surface area contributed by atoms with E-state index in [1.165, 1.54) is 24.3 Å². The Morgan fingerprint density at radius 2 is 1.68 bits per heavy atom. The standard InChI is InChI=1S/C22H15ClN2O6/c23-16-8-4-5-9-19(16)31-20-11-10-14(13-18(20)25(29)30)12-17(22(27)28)24-21(26)15-6-2-1-3-7-15/h1-13H,(H,24,26)(H,27,28). The molecule has 3 aromatic rings. The molecule has 0 fully saturated rings. The number of carbonyl (C=O) groups excluding carboxylic acids is 1. The maximum Gasteiger partial charge on any atom is 0.352 e. The smallest absolute Gasteiger partial charge is 0.352 e. The van der Waals surface area contributed by atoms with E-state index < -0.39 is 28.2 Å². The molecule has 0 atom stereocenters. The van der Waals surface area contributed by atoms with Crippen molar-refractivity contribution >= 4 is 35.2 Å². The van der Waals surface area contributed by atoms with E-state index in [-0.39, 0.29) is 27.6 Å². The van der Waals surface area contributed by atoms with Gasteiger partial charge in [0.2, 0.25) is 5.75 Å². The summed E-state index contributed by atoms with van der Waals surface area (Å²) in [5.41, 5.74) is -0.385. The van der Waals surface area contributed by atoms with Crippen LogP contribution in [-0.2, 0) is 4.79 Å². The van der Waals surface area contributed by atoms with Crippen LogP contribution >= 0.6 is 11.6 Å². The van der Waals surface area contributed by atoms with E-state index in [1.807, 2.05) is 0 Å². The number of rotatable bonds is 7. The fourth-order valence-electron chi connectivity index (χ4n) is 2.60. The molecule has 0 spiro atoms. The summed E-state index contributed by atoms with van der Waals surface area (Å²) in [4.78, 5) is 34.7. The number of hydrogen-bond donors (Lipinski definition) is 2. The molecular weight excluding hydrogens is 424 g/mol. The van der Waals surface area contributed by atoms with Gasteiger partial charge < -0.3 is 15.2 Å². The third-order valence-electron chi connectivity index (χ3n) is 4.06. The van der Waals surface area contributed by atoms with E-state index in [9.17, 15) is 24.8 Å². The number of nitro groups is 1. The van der Waals surface area contributed by atoms with Gasteiger partial charge in [-0.15, -0.1) is 0 Å². The van der Waals surface area contributed by atoms with Crippen LogP contribution in [-0.4, -0.2) is 21.9 Å². The molecule has 0 aliphatic heterocycles. The first-order valence-electron chi connectivity index (χ1n) is 8.87. The SMILES string of the molecule is O=C(O)C(=Cc1ccc(Oc2ccccc2Cl)c([N+](=O)[O-])c1)NC(=O)c1ccccc1. The Balaban J connectivity index is 1.91. The van der Waals surface area contributed by atoms with Crippen LogP contribution in [0.15, 0.2) is 78.5 Å². The quantitative estimate of drug-likeness (QED) is 0.308. The molecule has 3 aromatic carbocycles. The molecule has 0 saturated heterocycles. The molecule has 8 nitrogen and oxygen atoms in total. The van der Waals surface area contributed by atoms with Gasteiger partial charge in [0.15, 0.2) is 0 Å². The van der Waals surface area contributed by atoms with Gasteiger partial charge >= 0.3 is 11.7 Å². The predicted octanol–water partition coefficient (Wildman–Crippen LogP) is 4.90. The van der Waals surface area contributed by atoms with Crippen molar-refractivity contribution in [2.24, 2.45) is 0 Å². The monoisotopic (exact) mass is 438 g/mol. The fraction of sp³-hybridized carbons (Fsp3) is 0. The zero-order valence-corrected chi connectivity index (χ0v) is 16.6. The number of carboxylic acid groups (broad SMARTS) is 1. The lowest BCUT2D eigenvalue weighted by Gasteiger charge is -2.09. The molecule has 0 aromatic heterocycles. The second kappa shape index (κ2) is 9.55. The van der Waals surface area contributed by atoms with Crippen LogP contribution in [0.4, 0.5) is 5.69 Å². The van der Waals surface area contributed by atoms with Crippen LogP contribution in [0.25, 0.3) is 6.08 Å². The molecular formula is C22H15ClN2O6. The number of benzene rings is 3. The highest BCUT2D eigenvalue weighted by atomic mass is 35.5. The van der Waals surface area contributed by atoms with Gasteiger partial charge in [-0.25, -0.2) is 4.79 Å². The van der Waals surface area contributed by atoms with Crippen LogP contribution in [0.3, 0.4) is 0 Å². The van der Waals surface area contributed by atoms with Crippen molar-refractivity contribution < 1.29 is 24.4 Å². The number of nitro benzene ring substituents is 1. The highest BCUT2D eigenvalue weighted by Crippen LogP contribution is 2.35. The van der Waals surface area contributed by atoms with E-state index in [0.29, 0.717) is 0 Å². The lowest BCUT2D eigenvalue weighted by Crippen LogP contribution is -2.27. The first-order valence-corrected chi connectivity index (χ1v) is 9.25. The molecule has 2 N–H and O–H groups in total. The lowest BCUT2D eigenvalue weighted by molar-refractivity contribution is -0.385. The van der Waals surface area contributed by atoms with E-state index in [1.54, 1.807) is 42.5 Å². The van der Waals surface area contributed by atoms with Crippen LogP contribution < -0.4 is 10.1 Å². The first kappa shape index (κ1) is 21.5. The number of para-hydroxylation sites is 1. The minimum absolute atomic E-state index is 0.0690. The summed E-state index contributed by atoms with van der Waals surface area (Å²) in [7, 11) is 0. The van der Waals surface area contributed by atoms with Crippen LogP contribution in [0, 0.1) is 10.1 Å².